The van der Waals surface area contributed by atoms with Crippen LogP contribution in [-0.4, -0.2) is 23.5 Å². The van der Waals surface area contributed by atoms with E-state index in [0.29, 0.717) is 19.3 Å². The van der Waals surface area contributed by atoms with E-state index in [1.165, 1.54) is 12.1 Å². The van der Waals surface area contributed by atoms with Crippen molar-refractivity contribution in [1.82, 2.24) is 5.32 Å². The molecule has 0 heterocycles. The summed E-state index contributed by atoms with van der Waals surface area (Å²) in [4.78, 5) is 20.8. The number of benzene rings is 1. The fraction of sp³-hybridized carbons (Fsp3) is 0.333. The first-order valence-electron chi connectivity index (χ1n) is 5.27. The van der Waals surface area contributed by atoms with Crippen molar-refractivity contribution in [2.45, 2.75) is 25.3 Å². The van der Waals surface area contributed by atoms with Gasteiger partial charge in [0, 0.05) is 12.5 Å². The summed E-state index contributed by atoms with van der Waals surface area (Å²) in [6, 6.07) is 5.75. The molecular formula is C12H14FNO3. The maximum Gasteiger partial charge on any atom is 0.303 e. The van der Waals surface area contributed by atoms with Crippen LogP contribution in [0.15, 0.2) is 24.3 Å². The lowest BCUT2D eigenvalue weighted by molar-refractivity contribution is -0.137. The van der Waals surface area contributed by atoms with E-state index in [2.05, 4.69) is 5.32 Å². The van der Waals surface area contributed by atoms with Gasteiger partial charge in [-0.3, -0.25) is 9.59 Å². The number of aliphatic carboxylic acids is 1. The average Bonchev–Trinajstić information content (AvgIpc) is 2.26. The number of halogens is 1. The Hall–Kier alpha value is -1.91. The van der Waals surface area contributed by atoms with Crippen molar-refractivity contribution in [3.8, 4) is 0 Å². The van der Waals surface area contributed by atoms with E-state index in [-0.39, 0.29) is 18.3 Å². The van der Waals surface area contributed by atoms with Gasteiger partial charge in [0.15, 0.2) is 0 Å². The highest BCUT2D eigenvalue weighted by Gasteiger charge is 2.11. The topological polar surface area (TPSA) is 66.4 Å². The number of hydrogen-bond acceptors (Lipinski definition) is 2. The number of carboxylic acid groups (broad SMARTS) is 1. The van der Waals surface area contributed by atoms with Crippen molar-refractivity contribution in [1.29, 1.82) is 0 Å². The smallest absolute Gasteiger partial charge is 0.303 e. The molecule has 0 aromatic heterocycles. The van der Waals surface area contributed by atoms with Gasteiger partial charge in [0.2, 0.25) is 6.41 Å². The van der Waals surface area contributed by atoms with Gasteiger partial charge < -0.3 is 10.4 Å². The van der Waals surface area contributed by atoms with E-state index >= 15 is 0 Å². The Balaban J connectivity index is 2.59. The van der Waals surface area contributed by atoms with E-state index in [4.69, 9.17) is 5.11 Å². The third kappa shape index (κ3) is 5.10. The zero-order valence-corrected chi connectivity index (χ0v) is 9.23. The molecule has 1 aromatic rings. The normalized spacial score (nSPS) is 11.8. The number of carboxylic acids is 1. The summed E-state index contributed by atoms with van der Waals surface area (Å²) in [5.41, 5.74) is 0.731. The van der Waals surface area contributed by atoms with Crippen LogP contribution >= 0.6 is 0 Å². The van der Waals surface area contributed by atoms with Gasteiger partial charge in [-0.25, -0.2) is 4.39 Å². The predicted molar refractivity (Wildman–Crippen MR) is 60.0 cm³/mol. The van der Waals surface area contributed by atoms with Gasteiger partial charge in [-0.15, -0.1) is 0 Å². The maximum absolute atomic E-state index is 12.9. The third-order valence-corrected chi connectivity index (χ3v) is 2.38. The Morgan fingerprint density at radius 1 is 1.53 bits per heavy atom. The summed E-state index contributed by atoms with van der Waals surface area (Å²) >= 11 is 0. The summed E-state index contributed by atoms with van der Waals surface area (Å²) in [5.74, 6) is -1.26. The first-order valence-corrected chi connectivity index (χ1v) is 5.27. The average molecular weight is 239 g/mol. The molecule has 17 heavy (non-hydrogen) atoms. The first kappa shape index (κ1) is 13.2. The fourth-order valence-electron chi connectivity index (χ4n) is 1.59. The monoisotopic (exact) mass is 239 g/mol. The van der Waals surface area contributed by atoms with Crippen molar-refractivity contribution in [3.05, 3.63) is 35.6 Å². The Kier molecular flexibility index (Phi) is 5.13. The van der Waals surface area contributed by atoms with Crippen molar-refractivity contribution in [2.75, 3.05) is 0 Å². The van der Waals surface area contributed by atoms with E-state index in [9.17, 15) is 14.0 Å². The van der Waals surface area contributed by atoms with Gasteiger partial charge in [0.25, 0.3) is 0 Å². The second kappa shape index (κ2) is 6.62. The van der Waals surface area contributed by atoms with Crippen molar-refractivity contribution in [2.24, 2.45) is 0 Å². The van der Waals surface area contributed by atoms with Crippen LogP contribution in [0.3, 0.4) is 0 Å². The highest BCUT2D eigenvalue weighted by molar-refractivity contribution is 5.66. The van der Waals surface area contributed by atoms with Crippen LogP contribution < -0.4 is 5.32 Å². The predicted octanol–water partition coefficient (Wildman–Crippen LogP) is 1.35. The number of hydrogen-bond donors (Lipinski definition) is 2. The van der Waals surface area contributed by atoms with E-state index in [1.807, 2.05) is 0 Å². The first-order chi connectivity index (χ1) is 8.11. The molecule has 5 heteroatoms. The van der Waals surface area contributed by atoms with Crippen molar-refractivity contribution in [3.63, 3.8) is 0 Å². The van der Waals surface area contributed by atoms with Crippen LogP contribution in [0.25, 0.3) is 0 Å². The van der Waals surface area contributed by atoms with Gasteiger partial charge >= 0.3 is 5.97 Å². The SMILES string of the molecule is O=CNC(CCC(=O)O)Cc1cccc(F)c1. The van der Waals surface area contributed by atoms with Gasteiger partial charge in [-0.05, 0) is 30.5 Å². The lowest BCUT2D eigenvalue weighted by Crippen LogP contribution is -2.30. The Morgan fingerprint density at radius 2 is 2.29 bits per heavy atom. The molecule has 92 valence electrons. The molecule has 1 aromatic carbocycles. The summed E-state index contributed by atoms with van der Waals surface area (Å²) in [7, 11) is 0. The molecule has 0 aliphatic heterocycles. The Bertz CT molecular complexity index is 395. The third-order valence-electron chi connectivity index (χ3n) is 2.38. The van der Waals surface area contributed by atoms with Gasteiger partial charge in [-0.1, -0.05) is 12.1 Å². The van der Waals surface area contributed by atoms with Crippen LogP contribution in [0.4, 0.5) is 4.39 Å². The number of carbonyl (C=O) groups excluding carboxylic acids is 1. The molecule has 0 fully saturated rings. The van der Waals surface area contributed by atoms with Crippen LogP contribution in [0.2, 0.25) is 0 Å². The molecule has 1 atom stereocenters. The molecule has 0 saturated heterocycles. The molecule has 1 unspecified atom stereocenters. The van der Waals surface area contributed by atoms with Crippen LogP contribution in [-0.2, 0) is 16.0 Å². The minimum Gasteiger partial charge on any atom is -0.481 e. The summed E-state index contributed by atoms with van der Waals surface area (Å²) < 4.78 is 12.9. The van der Waals surface area contributed by atoms with E-state index in [1.54, 1.807) is 12.1 Å². The molecule has 1 rings (SSSR count). The molecule has 0 aliphatic carbocycles. The highest BCUT2D eigenvalue weighted by Crippen LogP contribution is 2.09. The lowest BCUT2D eigenvalue weighted by Gasteiger charge is -2.15. The van der Waals surface area contributed by atoms with Crippen LogP contribution in [0.1, 0.15) is 18.4 Å². The second-order valence-corrected chi connectivity index (χ2v) is 3.75. The molecule has 2 N–H and O–H groups in total. The molecule has 0 saturated carbocycles. The summed E-state index contributed by atoms with van der Waals surface area (Å²) in [6.07, 6.45) is 1.25. The maximum atomic E-state index is 12.9. The van der Waals surface area contributed by atoms with Gasteiger partial charge in [0.05, 0.1) is 0 Å². The molecule has 0 spiro atoms. The number of nitrogens with one attached hydrogen (secondary N) is 1. The molecule has 0 radical (unpaired) electrons. The lowest BCUT2D eigenvalue weighted by atomic mass is 10.0. The minimum atomic E-state index is -0.915. The van der Waals surface area contributed by atoms with E-state index in [0.717, 1.165) is 5.56 Å². The van der Waals surface area contributed by atoms with Crippen molar-refractivity contribution >= 4 is 12.4 Å². The molecule has 4 nitrogen and oxygen atoms in total. The zero-order chi connectivity index (χ0) is 12.7. The highest BCUT2D eigenvalue weighted by atomic mass is 19.1. The van der Waals surface area contributed by atoms with Gasteiger partial charge in [-0.2, -0.15) is 0 Å². The minimum absolute atomic E-state index is 0.0270. The zero-order valence-electron chi connectivity index (χ0n) is 9.23. The summed E-state index contributed by atoms with van der Waals surface area (Å²) in [5, 5.41) is 11.1. The second-order valence-electron chi connectivity index (χ2n) is 3.75. The number of carbonyl (C=O) groups is 2. The van der Waals surface area contributed by atoms with Crippen LogP contribution in [0.5, 0.6) is 0 Å². The Labute approximate surface area is 98.5 Å². The number of amides is 1. The quantitative estimate of drug-likeness (QED) is 0.706. The fourth-order valence-corrected chi connectivity index (χ4v) is 1.59. The van der Waals surface area contributed by atoms with Gasteiger partial charge in [0.1, 0.15) is 5.82 Å². The van der Waals surface area contributed by atoms with Crippen molar-refractivity contribution < 1.29 is 19.1 Å². The molecule has 0 aliphatic rings. The van der Waals surface area contributed by atoms with E-state index < -0.39 is 5.97 Å². The molecule has 0 bridgehead atoms. The van der Waals surface area contributed by atoms with Crippen LogP contribution in [0, 0.1) is 5.82 Å². The molecule has 1 amide bonds. The largest absolute Gasteiger partial charge is 0.481 e. The summed E-state index contributed by atoms with van der Waals surface area (Å²) in [6.45, 7) is 0. The Morgan fingerprint density at radius 3 is 2.88 bits per heavy atom. The molecular weight excluding hydrogens is 225 g/mol. The standard InChI is InChI=1S/C12H14FNO3/c13-10-3-1-2-9(6-10)7-11(14-8-15)4-5-12(16)17/h1-3,6,8,11H,4-5,7H2,(H,14,15)(H,16,17). The number of rotatable bonds is 7.